The van der Waals surface area contributed by atoms with E-state index in [1.807, 2.05) is 9.80 Å². The molecule has 2 fully saturated rings. The van der Waals surface area contributed by atoms with Crippen molar-refractivity contribution in [3.05, 3.63) is 23.9 Å². The highest BCUT2D eigenvalue weighted by Crippen LogP contribution is 2.38. The molecule has 1 saturated carbocycles. The number of rotatable bonds is 5. The molecule has 28 heavy (non-hydrogen) atoms. The van der Waals surface area contributed by atoms with Crippen LogP contribution in [0.15, 0.2) is 18.3 Å². The van der Waals surface area contributed by atoms with Crippen molar-refractivity contribution in [2.24, 2.45) is 16.9 Å². The lowest BCUT2D eigenvalue weighted by molar-refractivity contribution is -0.134. The van der Waals surface area contributed by atoms with Crippen molar-refractivity contribution in [2.75, 3.05) is 37.6 Å². The van der Waals surface area contributed by atoms with Gasteiger partial charge in [-0.05, 0) is 36.9 Å². The number of carbonyl (C=O) groups excluding carboxylic acids is 2. The van der Waals surface area contributed by atoms with E-state index in [-0.39, 0.29) is 36.1 Å². The monoisotopic (exact) mass is 431 g/mol. The topological polar surface area (TPSA) is 106 Å². The average molecular weight is 432 g/mol. The molecule has 0 aromatic carbocycles. The number of anilines is 1. The molecule has 0 atom stereocenters. The zero-order valence-electron chi connectivity index (χ0n) is 16.1. The van der Waals surface area contributed by atoms with Gasteiger partial charge in [0.2, 0.25) is 5.91 Å². The van der Waals surface area contributed by atoms with Crippen molar-refractivity contribution in [1.29, 1.82) is 0 Å². The minimum Gasteiger partial charge on any atom is -0.365 e. The Balaban J connectivity index is 0.00000196. The molecule has 4 N–H and O–H groups in total. The normalized spacial score (nSPS) is 18.6. The number of halogens is 2. The van der Waals surface area contributed by atoms with Gasteiger partial charge in [-0.3, -0.25) is 9.59 Å². The van der Waals surface area contributed by atoms with Gasteiger partial charge < -0.3 is 21.3 Å². The van der Waals surface area contributed by atoms with Crippen LogP contribution >= 0.6 is 24.8 Å². The summed E-state index contributed by atoms with van der Waals surface area (Å²) in [5.74, 6) is 0.333. The van der Waals surface area contributed by atoms with E-state index in [0.29, 0.717) is 50.5 Å². The zero-order valence-corrected chi connectivity index (χ0v) is 17.8. The van der Waals surface area contributed by atoms with Gasteiger partial charge in [0.1, 0.15) is 5.82 Å². The first-order chi connectivity index (χ1) is 12.5. The third-order valence-corrected chi connectivity index (χ3v) is 5.86. The summed E-state index contributed by atoms with van der Waals surface area (Å²) in [5, 5.41) is 0. The summed E-state index contributed by atoms with van der Waals surface area (Å²) in [7, 11) is 0. The molecule has 7 nitrogen and oxygen atoms in total. The summed E-state index contributed by atoms with van der Waals surface area (Å²) in [6.07, 6.45) is 7.94. The number of hydrogen-bond acceptors (Lipinski definition) is 5. The van der Waals surface area contributed by atoms with E-state index in [1.54, 1.807) is 18.3 Å². The Morgan fingerprint density at radius 3 is 2.29 bits per heavy atom. The lowest BCUT2D eigenvalue weighted by Gasteiger charge is -2.40. The summed E-state index contributed by atoms with van der Waals surface area (Å²) in [5.41, 5.74) is 11.9. The van der Waals surface area contributed by atoms with E-state index in [4.69, 9.17) is 11.5 Å². The standard InChI is InChI=1S/C19H29N5O2.2ClH/c20-14-19(6-2-1-3-7-19)13-16(25)23-9-11-24(12-10-23)18-15(17(21)26)5-4-8-22-18;;/h4-5,8H,1-3,6-7,9-14,20H2,(H2,21,26);2*1H. The third-order valence-electron chi connectivity index (χ3n) is 5.86. The number of hydrogen-bond donors (Lipinski definition) is 2. The van der Waals surface area contributed by atoms with Gasteiger partial charge in [0, 0.05) is 38.8 Å². The van der Waals surface area contributed by atoms with Gasteiger partial charge in [-0.2, -0.15) is 0 Å². The second kappa shape index (κ2) is 10.8. The number of aromatic nitrogens is 1. The Morgan fingerprint density at radius 1 is 1.07 bits per heavy atom. The molecule has 0 bridgehead atoms. The molecule has 0 radical (unpaired) electrons. The van der Waals surface area contributed by atoms with E-state index >= 15 is 0 Å². The van der Waals surface area contributed by atoms with Crippen molar-refractivity contribution < 1.29 is 9.59 Å². The fraction of sp³-hybridized carbons (Fsp3) is 0.632. The van der Waals surface area contributed by atoms with Crippen molar-refractivity contribution >= 4 is 42.4 Å². The highest BCUT2D eigenvalue weighted by Gasteiger charge is 2.35. The summed E-state index contributed by atoms with van der Waals surface area (Å²) >= 11 is 0. The van der Waals surface area contributed by atoms with Crippen LogP contribution in [0.5, 0.6) is 0 Å². The molecule has 158 valence electrons. The number of pyridine rings is 1. The maximum atomic E-state index is 12.8. The lowest BCUT2D eigenvalue weighted by Crippen LogP contribution is -2.51. The first-order valence-electron chi connectivity index (χ1n) is 9.52. The summed E-state index contributed by atoms with van der Waals surface area (Å²) < 4.78 is 0. The first-order valence-corrected chi connectivity index (χ1v) is 9.52. The number of amides is 2. The second-order valence-corrected chi connectivity index (χ2v) is 7.55. The molecular formula is C19H31Cl2N5O2. The smallest absolute Gasteiger partial charge is 0.252 e. The van der Waals surface area contributed by atoms with E-state index < -0.39 is 5.91 Å². The van der Waals surface area contributed by atoms with Crippen LogP contribution in [0, 0.1) is 5.41 Å². The van der Waals surface area contributed by atoms with Crippen molar-refractivity contribution in [3.8, 4) is 0 Å². The van der Waals surface area contributed by atoms with Gasteiger partial charge in [-0.15, -0.1) is 24.8 Å². The van der Waals surface area contributed by atoms with Crippen molar-refractivity contribution in [3.63, 3.8) is 0 Å². The van der Waals surface area contributed by atoms with Crippen LogP contribution in [0.1, 0.15) is 48.9 Å². The zero-order chi connectivity index (χ0) is 18.6. The lowest BCUT2D eigenvalue weighted by atomic mass is 9.71. The third kappa shape index (κ3) is 5.49. The highest BCUT2D eigenvalue weighted by atomic mass is 35.5. The van der Waals surface area contributed by atoms with Crippen LogP contribution in [0.2, 0.25) is 0 Å². The predicted octanol–water partition coefficient (Wildman–Crippen LogP) is 1.97. The molecule has 1 saturated heterocycles. The molecule has 2 amide bonds. The van der Waals surface area contributed by atoms with E-state index in [9.17, 15) is 9.59 Å². The van der Waals surface area contributed by atoms with E-state index in [2.05, 4.69) is 4.98 Å². The van der Waals surface area contributed by atoms with Crippen LogP contribution in [-0.2, 0) is 4.79 Å². The van der Waals surface area contributed by atoms with E-state index in [0.717, 1.165) is 12.8 Å². The molecule has 1 aliphatic carbocycles. The van der Waals surface area contributed by atoms with Gasteiger partial charge >= 0.3 is 0 Å². The predicted molar refractivity (Wildman–Crippen MR) is 115 cm³/mol. The van der Waals surface area contributed by atoms with E-state index in [1.165, 1.54) is 19.3 Å². The molecule has 1 aromatic rings. The second-order valence-electron chi connectivity index (χ2n) is 7.55. The maximum Gasteiger partial charge on any atom is 0.252 e. The van der Waals surface area contributed by atoms with Crippen LogP contribution in [-0.4, -0.2) is 54.4 Å². The quantitative estimate of drug-likeness (QED) is 0.740. The minimum absolute atomic E-state index is 0. The molecule has 1 aliphatic heterocycles. The average Bonchev–Trinajstić information content (AvgIpc) is 2.68. The van der Waals surface area contributed by atoms with Gasteiger partial charge in [0.15, 0.2) is 0 Å². The molecule has 1 aromatic heterocycles. The highest BCUT2D eigenvalue weighted by molar-refractivity contribution is 5.97. The van der Waals surface area contributed by atoms with Crippen molar-refractivity contribution in [1.82, 2.24) is 9.88 Å². The fourth-order valence-corrected chi connectivity index (χ4v) is 4.20. The largest absolute Gasteiger partial charge is 0.365 e. The number of nitrogens with two attached hydrogens (primary N) is 2. The molecule has 0 spiro atoms. The molecule has 2 heterocycles. The Kier molecular flexibility index (Phi) is 9.47. The summed E-state index contributed by atoms with van der Waals surface area (Å²) in [4.78, 5) is 32.7. The number of piperazine rings is 1. The van der Waals surface area contributed by atoms with Crippen LogP contribution in [0.25, 0.3) is 0 Å². The Bertz CT molecular complexity index is 659. The number of carbonyl (C=O) groups is 2. The molecule has 2 aliphatic rings. The Labute approximate surface area is 179 Å². The van der Waals surface area contributed by atoms with Gasteiger partial charge in [-0.1, -0.05) is 19.3 Å². The van der Waals surface area contributed by atoms with Gasteiger partial charge in [-0.25, -0.2) is 4.98 Å². The van der Waals surface area contributed by atoms with Crippen LogP contribution in [0.4, 0.5) is 5.82 Å². The van der Waals surface area contributed by atoms with Gasteiger partial charge in [0.05, 0.1) is 5.56 Å². The van der Waals surface area contributed by atoms with Crippen molar-refractivity contribution in [2.45, 2.75) is 38.5 Å². The Morgan fingerprint density at radius 2 is 1.71 bits per heavy atom. The SMILES string of the molecule is Cl.Cl.NCC1(CC(=O)N2CCN(c3ncccc3C(N)=O)CC2)CCCCC1. The molecular weight excluding hydrogens is 401 g/mol. The maximum absolute atomic E-state index is 12.8. The molecule has 3 rings (SSSR count). The van der Waals surface area contributed by atoms with Crippen LogP contribution in [0.3, 0.4) is 0 Å². The summed E-state index contributed by atoms with van der Waals surface area (Å²) in [6, 6.07) is 3.40. The van der Waals surface area contributed by atoms with Gasteiger partial charge in [0.25, 0.3) is 5.91 Å². The van der Waals surface area contributed by atoms with Crippen LogP contribution < -0.4 is 16.4 Å². The molecule has 0 unspecified atom stereocenters. The fourth-order valence-electron chi connectivity index (χ4n) is 4.20. The minimum atomic E-state index is -0.478. The molecule has 9 heteroatoms. The number of primary amides is 1. The Hall–Kier alpha value is -1.57. The number of nitrogens with zero attached hydrogens (tertiary/aromatic N) is 3. The summed E-state index contributed by atoms with van der Waals surface area (Å²) in [6.45, 7) is 3.16. The first kappa shape index (κ1) is 24.5.